The lowest BCUT2D eigenvalue weighted by atomic mass is 10.0. The monoisotopic (exact) mass is 272 g/mol. The van der Waals surface area contributed by atoms with Gasteiger partial charge in [0.2, 0.25) is 0 Å². The summed E-state index contributed by atoms with van der Waals surface area (Å²) in [6.45, 7) is 3.71. The summed E-state index contributed by atoms with van der Waals surface area (Å²) in [6.07, 6.45) is 5.77. The number of hydrogen-bond acceptors (Lipinski definition) is 5. The highest BCUT2D eigenvalue weighted by atomic mass is 16.5. The third kappa shape index (κ3) is 2.92. The van der Waals surface area contributed by atoms with Crippen LogP contribution in [0.1, 0.15) is 24.8 Å². The molecule has 3 heterocycles. The predicted molar refractivity (Wildman–Crippen MR) is 76.4 cm³/mol. The van der Waals surface area contributed by atoms with Crippen LogP contribution in [0.4, 0.5) is 5.82 Å². The summed E-state index contributed by atoms with van der Waals surface area (Å²) in [7, 11) is 0. The molecule has 0 saturated carbocycles. The fourth-order valence-corrected chi connectivity index (χ4v) is 3.02. The molecule has 2 saturated heterocycles. The lowest BCUT2D eigenvalue weighted by Crippen LogP contribution is -2.53. The first-order valence-electron chi connectivity index (χ1n) is 7.31. The van der Waals surface area contributed by atoms with Crippen LogP contribution in [-0.2, 0) is 4.74 Å². The molecule has 2 aliphatic heterocycles. The standard InChI is InChI=1S/C15H20N4O/c16-8-12-4-3-6-17-15(12)18-9-14-10-19-7-2-1-5-13(19)11-20-14/h3-4,6,13-14H,1-2,5,7,9-11H2,(H,17,18)/t13-,14-/m0/s1. The second-order valence-electron chi connectivity index (χ2n) is 5.49. The molecule has 106 valence electrons. The predicted octanol–water partition coefficient (Wildman–Crippen LogP) is 1.62. The van der Waals surface area contributed by atoms with Crippen molar-refractivity contribution in [2.45, 2.75) is 31.4 Å². The molecule has 3 rings (SSSR count). The van der Waals surface area contributed by atoms with E-state index in [0.29, 0.717) is 24.0 Å². The third-order valence-corrected chi connectivity index (χ3v) is 4.14. The fraction of sp³-hybridized carbons (Fsp3) is 0.600. The molecule has 2 fully saturated rings. The first kappa shape index (κ1) is 13.3. The van der Waals surface area contributed by atoms with Crippen LogP contribution >= 0.6 is 0 Å². The minimum atomic E-state index is 0.179. The van der Waals surface area contributed by atoms with Crippen molar-refractivity contribution in [2.24, 2.45) is 0 Å². The molecule has 0 bridgehead atoms. The lowest BCUT2D eigenvalue weighted by Gasteiger charge is -2.42. The van der Waals surface area contributed by atoms with Gasteiger partial charge in [0.1, 0.15) is 11.9 Å². The van der Waals surface area contributed by atoms with Crippen LogP contribution in [0.25, 0.3) is 0 Å². The Morgan fingerprint density at radius 2 is 2.45 bits per heavy atom. The molecule has 1 aromatic heterocycles. The number of hydrogen-bond donors (Lipinski definition) is 1. The molecule has 2 atom stereocenters. The Balaban J connectivity index is 1.55. The molecule has 5 nitrogen and oxygen atoms in total. The topological polar surface area (TPSA) is 61.2 Å². The Morgan fingerprint density at radius 1 is 1.50 bits per heavy atom. The number of anilines is 1. The largest absolute Gasteiger partial charge is 0.373 e. The van der Waals surface area contributed by atoms with Gasteiger partial charge < -0.3 is 10.1 Å². The van der Waals surface area contributed by atoms with Gasteiger partial charge in [0, 0.05) is 25.3 Å². The van der Waals surface area contributed by atoms with Crippen LogP contribution in [0.2, 0.25) is 0 Å². The second-order valence-corrected chi connectivity index (χ2v) is 5.49. The molecule has 0 aliphatic carbocycles. The Hall–Kier alpha value is -1.64. The van der Waals surface area contributed by atoms with Crippen molar-refractivity contribution in [3.05, 3.63) is 23.9 Å². The first-order chi connectivity index (χ1) is 9.86. The molecule has 20 heavy (non-hydrogen) atoms. The molecule has 0 amide bonds. The number of piperidine rings is 1. The van der Waals surface area contributed by atoms with E-state index in [0.717, 1.165) is 13.2 Å². The number of ether oxygens (including phenoxy) is 1. The van der Waals surface area contributed by atoms with Gasteiger partial charge in [-0.15, -0.1) is 0 Å². The molecule has 0 unspecified atom stereocenters. The van der Waals surface area contributed by atoms with Crippen LogP contribution < -0.4 is 5.32 Å². The average Bonchev–Trinajstić information content (AvgIpc) is 2.53. The van der Waals surface area contributed by atoms with Crippen LogP contribution in [0.5, 0.6) is 0 Å². The molecular formula is C15H20N4O. The highest BCUT2D eigenvalue weighted by Crippen LogP contribution is 2.22. The number of morpholine rings is 1. The van der Waals surface area contributed by atoms with Crippen molar-refractivity contribution >= 4 is 5.82 Å². The van der Waals surface area contributed by atoms with E-state index in [2.05, 4.69) is 21.3 Å². The Bertz CT molecular complexity index is 499. The zero-order valence-corrected chi connectivity index (χ0v) is 11.6. The quantitative estimate of drug-likeness (QED) is 0.906. The van der Waals surface area contributed by atoms with Crippen LogP contribution in [0, 0.1) is 11.3 Å². The van der Waals surface area contributed by atoms with Crippen LogP contribution in [-0.4, -0.2) is 48.3 Å². The number of fused-ring (bicyclic) bond motifs is 1. The van der Waals surface area contributed by atoms with E-state index < -0.39 is 0 Å². The summed E-state index contributed by atoms with van der Waals surface area (Å²) in [6, 6.07) is 6.32. The highest BCUT2D eigenvalue weighted by Gasteiger charge is 2.30. The van der Waals surface area contributed by atoms with Crippen molar-refractivity contribution < 1.29 is 4.74 Å². The second kappa shape index (κ2) is 6.21. The summed E-state index contributed by atoms with van der Waals surface area (Å²) in [5.41, 5.74) is 0.583. The smallest absolute Gasteiger partial charge is 0.143 e. The Labute approximate surface area is 119 Å². The number of nitriles is 1. The molecule has 5 heteroatoms. The van der Waals surface area contributed by atoms with E-state index in [1.165, 1.54) is 25.8 Å². The summed E-state index contributed by atoms with van der Waals surface area (Å²) in [4.78, 5) is 6.76. The molecule has 0 spiro atoms. The van der Waals surface area contributed by atoms with Crippen molar-refractivity contribution in [1.82, 2.24) is 9.88 Å². The van der Waals surface area contributed by atoms with E-state index in [4.69, 9.17) is 10.00 Å². The zero-order chi connectivity index (χ0) is 13.8. The van der Waals surface area contributed by atoms with E-state index >= 15 is 0 Å². The number of nitrogens with one attached hydrogen (secondary N) is 1. The maximum Gasteiger partial charge on any atom is 0.143 e. The third-order valence-electron chi connectivity index (χ3n) is 4.14. The van der Waals surface area contributed by atoms with Crippen LogP contribution in [0.15, 0.2) is 18.3 Å². The van der Waals surface area contributed by atoms with Crippen molar-refractivity contribution in [1.29, 1.82) is 5.26 Å². The average molecular weight is 272 g/mol. The van der Waals surface area contributed by atoms with E-state index in [1.807, 2.05) is 0 Å². The summed E-state index contributed by atoms with van der Waals surface area (Å²) in [5.74, 6) is 0.652. The van der Waals surface area contributed by atoms with E-state index in [1.54, 1.807) is 18.3 Å². The zero-order valence-electron chi connectivity index (χ0n) is 11.6. The van der Waals surface area contributed by atoms with Gasteiger partial charge in [0.05, 0.1) is 18.3 Å². The van der Waals surface area contributed by atoms with Gasteiger partial charge in [0.15, 0.2) is 0 Å². The van der Waals surface area contributed by atoms with Gasteiger partial charge in [-0.3, -0.25) is 4.90 Å². The highest BCUT2D eigenvalue weighted by molar-refractivity contribution is 5.51. The Morgan fingerprint density at radius 3 is 3.35 bits per heavy atom. The van der Waals surface area contributed by atoms with Crippen molar-refractivity contribution in [2.75, 3.05) is 31.6 Å². The normalized spacial score (nSPS) is 26.6. The molecule has 0 radical (unpaired) electrons. The summed E-state index contributed by atoms with van der Waals surface area (Å²) < 4.78 is 5.93. The maximum absolute atomic E-state index is 9.04. The Kier molecular flexibility index (Phi) is 4.14. The molecular weight excluding hydrogens is 252 g/mol. The van der Waals surface area contributed by atoms with Crippen molar-refractivity contribution in [3.8, 4) is 6.07 Å². The molecule has 1 aromatic rings. The molecule has 0 aromatic carbocycles. The molecule has 2 aliphatic rings. The summed E-state index contributed by atoms with van der Waals surface area (Å²) >= 11 is 0. The van der Waals surface area contributed by atoms with Gasteiger partial charge in [-0.2, -0.15) is 5.26 Å². The van der Waals surface area contributed by atoms with E-state index in [-0.39, 0.29) is 6.10 Å². The minimum absolute atomic E-state index is 0.179. The number of pyridine rings is 1. The van der Waals surface area contributed by atoms with Crippen LogP contribution in [0.3, 0.4) is 0 Å². The number of aromatic nitrogens is 1. The van der Waals surface area contributed by atoms with Gasteiger partial charge in [-0.25, -0.2) is 4.98 Å². The number of rotatable bonds is 3. The SMILES string of the molecule is N#Cc1cccnc1NC[C@H]1CN2CCCC[C@H]2CO1. The summed E-state index contributed by atoms with van der Waals surface area (Å²) in [5, 5.41) is 12.3. The van der Waals surface area contributed by atoms with Gasteiger partial charge >= 0.3 is 0 Å². The van der Waals surface area contributed by atoms with Gasteiger partial charge in [0.25, 0.3) is 0 Å². The maximum atomic E-state index is 9.04. The van der Waals surface area contributed by atoms with E-state index in [9.17, 15) is 0 Å². The lowest BCUT2D eigenvalue weighted by molar-refractivity contribution is -0.0689. The first-order valence-corrected chi connectivity index (χ1v) is 7.31. The minimum Gasteiger partial charge on any atom is -0.373 e. The van der Waals surface area contributed by atoms with Gasteiger partial charge in [-0.05, 0) is 31.5 Å². The fourth-order valence-electron chi connectivity index (χ4n) is 3.02. The van der Waals surface area contributed by atoms with Crippen molar-refractivity contribution in [3.63, 3.8) is 0 Å². The van der Waals surface area contributed by atoms with Gasteiger partial charge in [-0.1, -0.05) is 6.42 Å². The number of nitrogens with zero attached hydrogens (tertiary/aromatic N) is 3. The molecule has 1 N–H and O–H groups in total.